The first-order valence-corrected chi connectivity index (χ1v) is 13.4. The molecule has 0 spiro atoms. The Labute approximate surface area is 230 Å². The third-order valence-electron chi connectivity index (χ3n) is 7.53. The number of anilines is 1. The number of halogens is 1. The molecule has 0 amide bonds. The Balaban J connectivity index is 0.983. The van der Waals surface area contributed by atoms with Crippen LogP contribution in [-0.4, -0.2) is 57.8 Å². The lowest BCUT2D eigenvalue weighted by Gasteiger charge is -2.37. The van der Waals surface area contributed by atoms with Gasteiger partial charge in [-0.25, -0.2) is 0 Å². The van der Waals surface area contributed by atoms with Crippen molar-refractivity contribution >= 4 is 34.1 Å². The van der Waals surface area contributed by atoms with Gasteiger partial charge in [0.15, 0.2) is 5.60 Å². The Morgan fingerprint density at radius 1 is 1.21 bits per heavy atom. The third-order valence-corrected chi connectivity index (χ3v) is 7.76. The fourth-order valence-corrected chi connectivity index (χ4v) is 5.61. The first kappa shape index (κ1) is 25.5. The van der Waals surface area contributed by atoms with E-state index in [1.807, 2.05) is 37.3 Å². The summed E-state index contributed by atoms with van der Waals surface area (Å²) >= 11 is 6.11. The van der Waals surface area contributed by atoms with Crippen LogP contribution in [0.15, 0.2) is 59.1 Å². The molecule has 0 saturated carbocycles. The van der Waals surface area contributed by atoms with Gasteiger partial charge in [0.1, 0.15) is 29.9 Å². The average molecular weight is 552 g/mol. The summed E-state index contributed by atoms with van der Waals surface area (Å²) in [5.74, 6) is 1.49. The van der Waals surface area contributed by atoms with E-state index < -0.39 is 10.5 Å². The summed E-state index contributed by atoms with van der Waals surface area (Å²) in [6.07, 6.45) is 3.54. The van der Waals surface area contributed by atoms with Gasteiger partial charge in [-0.15, -0.1) is 0 Å². The molecule has 1 fully saturated rings. The average Bonchev–Trinajstić information content (AvgIpc) is 3.59. The van der Waals surface area contributed by atoms with Crippen LogP contribution in [0.3, 0.4) is 0 Å². The number of hydrogen-bond acceptors (Lipinski definition) is 8. The van der Waals surface area contributed by atoms with Crippen LogP contribution in [-0.2, 0) is 13.1 Å². The molecule has 1 atom stereocenters. The smallest absolute Gasteiger partial charge is 0.415 e. The van der Waals surface area contributed by atoms with Crippen LogP contribution in [0.2, 0.25) is 5.02 Å². The Kier molecular flexibility index (Phi) is 6.60. The van der Waals surface area contributed by atoms with Gasteiger partial charge in [0, 0.05) is 40.2 Å². The van der Waals surface area contributed by atoms with Gasteiger partial charge >= 0.3 is 11.8 Å². The highest BCUT2D eigenvalue weighted by molar-refractivity contribution is 6.31. The molecule has 0 N–H and O–H groups in total. The molecule has 39 heavy (non-hydrogen) atoms. The highest BCUT2D eigenvalue weighted by atomic mass is 35.5. The molecule has 0 bridgehead atoms. The molecular formula is C28H30ClN5O5. The van der Waals surface area contributed by atoms with Gasteiger partial charge in [0.25, 0.3) is 0 Å². The van der Waals surface area contributed by atoms with E-state index in [1.165, 1.54) is 11.9 Å². The number of piperidine rings is 1. The van der Waals surface area contributed by atoms with Gasteiger partial charge in [-0.2, -0.15) is 0 Å². The number of aromatic nitrogens is 2. The predicted molar refractivity (Wildman–Crippen MR) is 148 cm³/mol. The molecule has 2 aliphatic rings. The fraction of sp³-hybridized carbons (Fsp3) is 0.393. The molecule has 0 unspecified atom stereocenters. The van der Waals surface area contributed by atoms with Crippen molar-refractivity contribution in [3.05, 3.63) is 75.6 Å². The summed E-state index contributed by atoms with van der Waals surface area (Å²) < 4.78 is 19.5. The fourth-order valence-electron chi connectivity index (χ4n) is 5.43. The maximum absolute atomic E-state index is 10.9. The molecule has 2 aromatic heterocycles. The number of fused-ring (bicyclic) bond motifs is 2. The Morgan fingerprint density at radius 3 is 2.69 bits per heavy atom. The topological polar surface area (TPSA) is 99.0 Å². The summed E-state index contributed by atoms with van der Waals surface area (Å²) in [4.78, 5) is 19.1. The third kappa shape index (κ3) is 5.39. The summed E-state index contributed by atoms with van der Waals surface area (Å²) in [5.41, 5.74) is 1.40. The van der Waals surface area contributed by atoms with Gasteiger partial charge in [-0.1, -0.05) is 11.6 Å². The largest absolute Gasteiger partial charge is 0.489 e. The van der Waals surface area contributed by atoms with Crippen LogP contribution in [0.5, 0.6) is 11.8 Å². The molecule has 204 valence electrons. The van der Waals surface area contributed by atoms with Crippen LogP contribution in [0.4, 0.5) is 11.5 Å². The lowest BCUT2D eigenvalue weighted by Crippen LogP contribution is -2.43. The molecule has 0 aliphatic carbocycles. The maximum Gasteiger partial charge on any atom is 0.415 e. The van der Waals surface area contributed by atoms with Gasteiger partial charge < -0.3 is 28.9 Å². The summed E-state index contributed by atoms with van der Waals surface area (Å²) in [7, 11) is 2.16. The van der Waals surface area contributed by atoms with E-state index in [1.54, 1.807) is 4.57 Å². The van der Waals surface area contributed by atoms with Crippen molar-refractivity contribution in [2.45, 2.75) is 44.5 Å². The highest BCUT2D eigenvalue weighted by Crippen LogP contribution is 2.32. The van der Waals surface area contributed by atoms with E-state index in [4.69, 9.17) is 25.5 Å². The number of benzene rings is 2. The minimum Gasteiger partial charge on any atom is -0.489 e. The van der Waals surface area contributed by atoms with E-state index in [2.05, 4.69) is 40.0 Å². The van der Waals surface area contributed by atoms with Gasteiger partial charge in [0.2, 0.25) is 0 Å². The number of rotatable bonds is 8. The van der Waals surface area contributed by atoms with Gasteiger partial charge in [-0.05, 0) is 80.3 Å². The van der Waals surface area contributed by atoms with E-state index >= 15 is 0 Å². The molecule has 0 radical (unpaired) electrons. The van der Waals surface area contributed by atoms with Crippen molar-refractivity contribution in [1.82, 2.24) is 14.5 Å². The zero-order valence-corrected chi connectivity index (χ0v) is 22.6. The summed E-state index contributed by atoms with van der Waals surface area (Å²) in [6.45, 7) is 5.38. The standard InChI is InChI=1S/C28H30ClN5O5/c1-28(17-33-16-26(34(35)36)30-27(33)39-28)18-37-23-6-4-22(5-7-23)32-11-9-21(10-12-32)31(2)15-24-14-19-13-20(29)3-8-25(19)38-24/h3-8,13-14,16,21H,9-12,15,17-18H2,1-2H3/t28-/m1/s1. The van der Waals surface area contributed by atoms with E-state index in [9.17, 15) is 10.1 Å². The van der Waals surface area contributed by atoms with Crippen molar-refractivity contribution < 1.29 is 18.8 Å². The number of hydrogen-bond donors (Lipinski definition) is 0. The highest BCUT2D eigenvalue weighted by Gasteiger charge is 2.41. The van der Waals surface area contributed by atoms with Gasteiger partial charge in [0.05, 0.1) is 13.1 Å². The zero-order valence-electron chi connectivity index (χ0n) is 21.9. The molecule has 10 nitrogen and oxygen atoms in total. The first-order chi connectivity index (χ1) is 18.7. The molecule has 11 heteroatoms. The summed E-state index contributed by atoms with van der Waals surface area (Å²) in [5, 5.41) is 12.7. The second-order valence-corrected chi connectivity index (χ2v) is 11.1. The van der Waals surface area contributed by atoms with Crippen molar-refractivity contribution in [3.8, 4) is 11.8 Å². The van der Waals surface area contributed by atoms with Crippen LogP contribution in [0.1, 0.15) is 25.5 Å². The second kappa shape index (κ2) is 10.1. The van der Waals surface area contributed by atoms with Crippen LogP contribution < -0.4 is 14.4 Å². The van der Waals surface area contributed by atoms with Gasteiger partial charge in [-0.3, -0.25) is 9.47 Å². The molecule has 1 saturated heterocycles. The van der Waals surface area contributed by atoms with Crippen molar-refractivity contribution in [2.75, 3.05) is 31.6 Å². The number of nitrogens with zero attached hydrogens (tertiary/aromatic N) is 5. The molecular weight excluding hydrogens is 522 g/mol. The Morgan fingerprint density at radius 2 is 1.97 bits per heavy atom. The lowest BCUT2D eigenvalue weighted by atomic mass is 10.0. The molecule has 2 aliphatic heterocycles. The SMILES string of the molecule is CN(Cc1cc2cc(Cl)ccc2o1)C1CCN(c2ccc(OC[C@@]3(C)Cn4cc([N+](=O)[O-])nc4O3)cc2)CC1. The minimum atomic E-state index is -0.639. The van der Waals surface area contributed by atoms with Crippen LogP contribution in [0, 0.1) is 10.1 Å². The number of imidazole rings is 1. The zero-order chi connectivity index (χ0) is 27.1. The number of furan rings is 1. The van der Waals surface area contributed by atoms with Crippen molar-refractivity contribution in [3.63, 3.8) is 0 Å². The molecule has 4 aromatic rings. The molecule has 2 aromatic carbocycles. The molecule has 4 heterocycles. The Bertz CT molecular complexity index is 1470. The van der Waals surface area contributed by atoms with Crippen LogP contribution in [0.25, 0.3) is 11.0 Å². The van der Waals surface area contributed by atoms with Crippen LogP contribution >= 0.6 is 11.6 Å². The van der Waals surface area contributed by atoms with E-state index in [0.717, 1.165) is 60.0 Å². The van der Waals surface area contributed by atoms with Crippen molar-refractivity contribution in [1.29, 1.82) is 0 Å². The lowest BCUT2D eigenvalue weighted by molar-refractivity contribution is -0.389. The van der Waals surface area contributed by atoms with E-state index in [-0.39, 0.29) is 11.8 Å². The normalized spacial score (nSPS) is 19.4. The monoisotopic (exact) mass is 551 g/mol. The summed E-state index contributed by atoms with van der Waals surface area (Å²) in [6, 6.07) is 16.7. The van der Waals surface area contributed by atoms with Crippen molar-refractivity contribution in [2.24, 2.45) is 0 Å². The first-order valence-electron chi connectivity index (χ1n) is 13.0. The Hall–Kier alpha value is -3.76. The second-order valence-electron chi connectivity index (χ2n) is 10.6. The quantitative estimate of drug-likeness (QED) is 0.208. The predicted octanol–water partition coefficient (Wildman–Crippen LogP) is 5.52. The van der Waals surface area contributed by atoms with E-state index in [0.29, 0.717) is 19.2 Å². The molecule has 6 rings (SSSR count). The minimum absolute atomic E-state index is 0.212. The number of ether oxygens (including phenoxy) is 2. The number of nitro groups is 1. The maximum atomic E-state index is 10.9.